The lowest BCUT2D eigenvalue weighted by Crippen LogP contribution is -2.34. The molecule has 1 aliphatic rings. The maximum atomic E-state index is 12.5. The number of benzene rings is 1. The number of anilines is 1. The molecule has 1 aromatic carbocycles. The van der Waals surface area contributed by atoms with Gasteiger partial charge in [-0.2, -0.15) is 0 Å². The Bertz CT molecular complexity index is 582. The van der Waals surface area contributed by atoms with Gasteiger partial charge in [0.25, 0.3) is 0 Å². The molecule has 2 rings (SSSR count). The number of aryl methyl sites for hydroxylation is 1. The first-order valence-corrected chi connectivity index (χ1v) is 9.13. The molecule has 0 heterocycles. The van der Waals surface area contributed by atoms with Crippen LogP contribution in [0.4, 0.5) is 5.69 Å². The van der Waals surface area contributed by atoms with E-state index in [4.69, 9.17) is 0 Å². The van der Waals surface area contributed by atoms with Crippen molar-refractivity contribution < 1.29 is 9.59 Å². The third-order valence-electron chi connectivity index (χ3n) is 4.19. The summed E-state index contributed by atoms with van der Waals surface area (Å²) in [6, 6.07) is 5.76. The zero-order valence-electron chi connectivity index (χ0n) is 14.1. The van der Waals surface area contributed by atoms with Gasteiger partial charge in [-0.25, -0.2) is 0 Å². The van der Waals surface area contributed by atoms with Crippen LogP contribution in [-0.4, -0.2) is 29.8 Å². The minimum atomic E-state index is -0.179. The van der Waals surface area contributed by atoms with Crippen LogP contribution in [0.3, 0.4) is 0 Å². The molecule has 1 aliphatic carbocycles. The summed E-state index contributed by atoms with van der Waals surface area (Å²) in [5.74, 6) is -0.214. The summed E-state index contributed by atoms with van der Waals surface area (Å²) >= 11 is 3.41. The molecule has 0 radical (unpaired) electrons. The number of amides is 2. The monoisotopic (exact) mass is 380 g/mol. The first kappa shape index (κ1) is 18.0. The molecule has 0 bridgehead atoms. The topological polar surface area (TPSA) is 49.4 Å². The Labute approximate surface area is 146 Å². The molecule has 4 nitrogen and oxygen atoms in total. The van der Waals surface area contributed by atoms with Crippen molar-refractivity contribution in [3.63, 3.8) is 0 Å². The average molecular weight is 381 g/mol. The van der Waals surface area contributed by atoms with Gasteiger partial charge in [0.05, 0.1) is 11.8 Å². The van der Waals surface area contributed by atoms with Crippen LogP contribution >= 0.6 is 15.9 Å². The summed E-state index contributed by atoms with van der Waals surface area (Å²) in [4.78, 5) is 26.8. The first-order valence-electron chi connectivity index (χ1n) is 8.33. The lowest BCUT2D eigenvalue weighted by Gasteiger charge is -2.21. The minimum Gasteiger partial charge on any atom is -0.342 e. The number of halogens is 1. The number of rotatable bonds is 7. The molecule has 1 saturated carbocycles. The van der Waals surface area contributed by atoms with Gasteiger partial charge in [-0.05, 0) is 49.9 Å². The van der Waals surface area contributed by atoms with Gasteiger partial charge in [0, 0.05) is 23.2 Å². The Kier molecular flexibility index (Phi) is 6.22. The summed E-state index contributed by atoms with van der Waals surface area (Å²) in [5, 5.41) is 2.96. The Morgan fingerprint density at radius 3 is 2.43 bits per heavy atom. The van der Waals surface area contributed by atoms with Gasteiger partial charge >= 0.3 is 0 Å². The fourth-order valence-electron chi connectivity index (χ4n) is 2.86. The lowest BCUT2D eigenvalue weighted by molar-refractivity contribution is -0.134. The fourth-order valence-corrected chi connectivity index (χ4v) is 3.33. The van der Waals surface area contributed by atoms with Crippen LogP contribution in [0.5, 0.6) is 0 Å². The predicted molar refractivity (Wildman–Crippen MR) is 96.3 cm³/mol. The smallest absolute Gasteiger partial charge is 0.228 e. The van der Waals surface area contributed by atoms with Crippen molar-refractivity contribution in [2.24, 2.45) is 11.8 Å². The van der Waals surface area contributed by atoms with E-state index in [1.54, 1.807) is 0 Å². The molecule has 1 N–H and O–H groups in total. The normalized spacial score (nSPS) is 19.3. The van der Waals surface area contributed by atoms with E-state index in [2.05, 4.69) is 35.1 Å². The molecule has 2 amide bonds. The van der Waals surface area contributed by atoms with Gasteiger partial charge < -0.3 is 10.2 Å². The van der Waals surface area contributed by atoms with Gasteiger partial charge in [0.2, 0.25) is 11.8 Å². The largest absolute Gasteiger partial charge is 0.342 e. The van der Waals surface area contributed by atoms with Gasteiger partial charge in [-0.1, -0.05) is 29.8 Å². The summed E-state index contributed by atoms with van der Waals surface area (Å²) < 4.78 is 0.988. The zero-order valence-corrected chi connectivity index (χ0v) is 15.6. The molecule has 0 spiro atoms. The molecular weight excluding hydrogens is 356 g/mol. The lowest BCUT2D eigenvalue weighted by atomic mass is 10.2. The minimum absolute atomic E-state index is 0.0401. The summed E-state index contributed by atoms with van der Waals surface area (Å²) in [6.45, 7) is 7.67. The van der Waals surface area contributed by atoms with Crippen LogP contribution in [0.25, 0.3) is 0 Å². The second kappa shape index (κ2) is 7.95. The van der Waals surface area contributed by atoms with Gasteiger partial charge in [-0.15, -0.1) is 0 Å². The molecule has 1 aromatic rings. The molecule has 1 fully saturated rings. The molecule has 126 valence electrons. The standard InChI is InChI=1S/C18H25BrN2O2/c1-4-8-21(9-5-2)18(23)15-11-14(15)17(22)20-16-7-6-13(19)10-12(16)3/h6-7,10,14-15H,4-5,8-9,11H2,1-3H3,(H,20,22). The molecule has 5 heteroatoms. The fraction of sp³-hybridized carbons (Fsp3) is 0.556. The molecular formula is C18H25BrN2O2. The first-order chi connectivity index (χ1) is 11.0. The Balaban J connectivity index is 1.94. The third kappa shape index (κ3) is 4.56. The van der Waals surface area contributed by atoms with E-state index in [0.29, 0.717) is 6.42 Å². The number of hydrogen-bond donors (Lipinski definition) is 1. The Morgan fingerprint density at radius 1 is 1.22 bits per heavy atom. The molecule has 2 atom stereocenters. The van der Waals surface area contributed by atoms with E-state index in [9.17, 15) is 9.59 Å². The van der Waals surface area contributed by atoms with Crippen LogP contribution in [0, 0.1) is 18.8 Å². The maximum absolute atomic E-state index is 12.5. The van der Waals surface area contributed by atoms with Crippen LogP contribution in [0.2, 0.25) is 0 Å². The van der Waals surface area contributed by atoms with Crippen molar-refractivity contribution in [2.75, 3.05) is 18.4 Å². The molecule has 0 aliphatic heterocycles. The highest BCUT2D eigenvalue weighted by Crippen LogP contribution is 2.41. The van der Waals surface area contributed by atoms with Crippen LogP contribution < -0.4 is 5.32 Å². The van der Waals surface area contributed by atoms with Crippen LogP contribution in [0.15, 0.2) is 22.7 Å². The Morgan fingerprint density at radius 2 is 1.87 bits per heavy atom. The van der Waals surface area contributed by atoms with Crippen molar-refractivity contribution >= 4 is 33.4 Å². The highest BCUT2D eigenvalue weighted by molar-refractivity contribution is 9.10. The summed E-state index contributed by atoms with van der Waals surface area (Å²) in [6.07, 6.45) is 2.57. The number of carbonyl (C=O) groups is 2. The van der Waals surface area contributed by atoms with Crippen molar-refractivity contribution in [3.8, 4) is 0 Å². The molecule has 0 saturated heterocycles. The Hall–Kier alpha value is -1.36. The van der Waals surface area contributed by atoms with Crippen molar-refractivity contribution in [1.82, 2.24) is 4.90 Å². The maximum Gasteiger partial charge on any atom is 0.228 e. The SMILES string of the molecule is CCCN(CCC)C(=O)C1CC1C(=O)Nc1ccc(Br)cc1C. The van der Waals surface area contributed by atoms with E-state index in [1.807, 2.05) is 30.0 Å². The highest BCUT2D eigenvalue weighted by atomic mass is 79.9. The molecule has 0 aromatic heterocycles. The van der Waals surface area contributed by atoms with Crippen LogP contribution in [-0.2, 0) is 9.59 Å². The number of nitrogens with one attached hydrogen (secondary N) is 1. The number of nitrogens with zero attached hydrogens (tertiary/aromatic N) is 1. The van der Waals surface area contributed by atoms with Crippen molar-refractivity contribution in [2.45, 2.75) is 40.0 Å². The summed E-state index contributed by atoms with van der Waals surface area (Å²) in [7, 11) is 0. The van der Waals surface area contributed by atoms with E-state index in [0.717, 1.165) is 41.7 Å². The van der Waals surface area contributed by atoms with Crippen molar-refractivity contribution in [1.29, 1.82) is 0 Å². The molecule has 2 unspecified atom stereocenters. The highest BCUT2D eigenvalue weighted by Gasteiger charge is 2.49. The zero-order chi connectivity index (χ0) is 17.0. The van der Waals surface area contributed by atoms with E-state index >= 15 is 0 Å². The van der Waals surface area contributed by atoms with Gasteiger partial charge in [-0.3, -0.25) is 9.59 Å². The second-order valence-electron chi connectivity index (χ2n) is 6.22. The molecule has 23 heavy (non-hydrogen) atoms. The van der Waals surface area contributed by atoms with Crippen molar-refractivity contribution in [3.05, 3.63) is 28.2 Å². The van der Waals surface area contributed by atoms with Gasteiger partial charge in [0.15, 0.2) is 0 Å². The second-order valence-corrected chi connectivity index (χ2v) is 7.14. The predicted octanol–water partition coefficient (Wildman–Crippen LogP) is 3.98. The summed E-state index contributed by atoms with van der Waals surface area (Å²) in [5.41, 5.74) is 1.82. The number of hydrogen-bond acceptors (Lipinski definition) is 2. The van der Waals surface area contributed by atoms with E-state index in [-0.39, 0.29) is 23.7 Å². The quantitative estimate of drug-likeness (QED) is 0.777. The number of carbonyl (C=O) groups excluding carboxylic acids is 2. The van der Waals surface area contributed by atoms with E-state index < -0.39 is 0 Å². The average Bonchev–Trinajstić information content (AvgIpc) is 3.30. The van der Waals surface area contributed by atoms with Gasteiger partial charge in [0.1, 0.15) is 0 Å². The van der Waals surface area contributed by atoms with Crippen LogP contribution in [0.1, 0.15) is 38.7 Å². The third-order valence-corrected chi connectivity index (χ3v) is 4.68. The van der Waals surface area contributed by atoms with E-state index in [1.165, 1.54) is 0 Å².